The van der Waals surface area contributed by atoms with Gasteiger partial charge in [-0.2, -0.15) is 0 Å². The lowest BCUT2D eigenvalue weighted by Gasteiger charge is -2.52. The van der Waals surface area contributed by atoms with Crippen molar-refractivity contribution in [1.82, 2.24) is 4.90 Å². The van der Waals surface area contributed by atoms with Gasteiger partial charge < -0.3 is 14.2 Å². The van der Waals surface area contributed by atoms with Crippen molar-refractivity contribution in [2.75, 3.05) is 27.8 Å². The number of methoxy groups -OCH3 is 2. The van der Waals surface area contributed by atoms with E-state index in [1.807, 2.05) is 6.07 Å². The maximum absolute atomic E-state index is 6.46. The molecule has 0 radical (unpaired) electrons. The van der Waals surface area contributed by atoms with Crippen LogP contribution in [0.2, 0.25) is 0 Å². The van der Waals surface area contributed by atoms with Crippen molar-refractivity contribution in [1.29, 1.82) is 0 Å². The zero-order valence-corrected chi connectivity index (χ0v) is 13.8. The van der Waals surface area contributed by atoms with Gasteiger partial charge in [0.15, 0.2) is 17.6 Å². The van der Waals surface area contributed by atoms with E-state index >= 15 is 0 Å². The SMILES string of the molecule is COC1=CC=C2[C@@H]3Cc4ccc(OC)c5c4[C@@]2(CCN3C)[C@@H]1O5. The minimum absolute atomic E-state index is 0.0611. The van der Waals surface area contributed by atoms with E-state index in [9.17, 15) is 0 Å². The molecule has 3 atom stereocenters. The maximum Gasteiger partial charge on any atom is 0.169 e. The normalized spacial score (nSPS) is 33.3. The number of hydrogen-bond donors (Lipinski definition) is 0. The number of likely N-dealkylation sites (tertiary alicyclic amines) is 1. The summed E-state index contributed by atoms with van der Waals surface area (Å²) in [7, 11) is 5.68. The van der Waals surface area contributed by atoms with Crippen molar-refractivity contribution in [3.8, 4) is 11.5 Å². The molecular formula is C19H21NO3. The molecule has 2 aliphatic heterocycles. The summed E-state index contributed by atoms with van der Waals surface area (Å²) in [6.07, 6.45) is 6.41. The molecule has 5 rings (SSSR count). The standard InChI is InChI=1S/C19H21NO3/c1-20-9-8-19-12-5-7-15(22-3)18(19)23-17-14(21-2)6-4-11(16(17)19)10-13(12)20/h4-7,13,18H,8-10H2,1-3H3/t13-,18+,19-/m0/s1. The Morgan fingerprint density at radius 2 is 2.09 bits per heavy atom. The van der Waals surface area contributed by atoms with Crippen molar-refractivity contribution >= 4 is 0 Å². The van der Waals surface area contributed by atoms with E-state index in [0.717, 1.165) is 36.6 Å². The number of nitrogens with zero attached hydrogens (tertiary/aromatic N) is 1. The Morgan fingerprint density at radius 1 is 1.22 bits per heavy atom. The molecule has 4 aliphatic rings. The van der Waals surface area contributed by atoms with Crippen LogP contribution in [0.1, 0.15) is 17.5 Å². The first-order valence-electron chi connectivity index (χ1n) is 8.24. The molecule has 120 valence electrons. The lowest BCUT2D eigenvalue weighted by molar-refractivity contribution is 0.0734. The molecule has 4 nitrogen and oxygen atoms in total. The molecular weight excluding hydrogens is 290 g/mol. The predicted octanol–water partition coefficient (Wildman–Crippen LogP) is 2.42. The Bertz CT molecular complexity index is 766. The molecule has 0 unspecified atom stereocenters. The van der Waals surface area contributed by atoms with Gasteiger partial charge >= 0.3 is 0 Å². The number of benzene rings is 1. The van der Waals surface area contributed by atoms with E-state index in [4.69, 9.17) is 14.2 Å². The number of ether oxygens (including phenoxy) is 3. The Labute approximate surface area is 136 Å². The summed E-state index contributed by atoms with van der Waals surface area (Å²) in [4.78, 5) is 2.48. The second kappa shape index (κ2) is 4.32. The van der Waals surface area contributed by atoms with Crippen LogP contribution in [0.25, 0.3) is 0 Å². The van der Waals surface area contributed by atoms with Crippen molar-refractivity contribution in [3.05, 3.63) is 46.7 Å². The zero-order chi connectivity index (χ0) is 15.8. The fourth-order valence-electron chi connectivity index (χ4n) is 5.10. The van der Waals surface area contributed by atoms with Crippen LogP contribution < -0.4 is 9.47 Å². The molecule has 2 bridgehead atoms. The van der Waals surface area contributed by atoms with Crippen LogP contribution in [0.3, 0.4) is 0 Å². The van der Waals surface area contributed by atoms with E-state index in [1.165, 1.54) is 16.7 Å². The quantitative estimate of drug-likeness (QED) is 0.839. The minimum Gasteiger partial charge on any atom is -0.497 e. The van der Waals surface area contributed by atoms with Crippen LogP contribution >= 0.6 is 0 Å². The first-order chi connectivity index (χ1) is 11.2. The maximum atomic E-state index is 6.46. The minimum atomic E-state index is -0.0747. The number of rotatable bonds is 2. The molecule has 0 saturated carbocycles. The van der Waals surface area contributed by atoms with Gasteiger partial charge in [0, 0.05) is 11.6 Å². The molecule has 2 heterocycles. The van der Waals surface area contributed by atoms with E-state index in [1.54, 1.807) is 14.2 Å². The average molecular weight is 311 g/mol. The third-order valence-corrected chi connectivity index (χ3v) is 6.16. The molecule has 1 aromatic rings. The summed E-state index contributed by atoms with van der Waals surface area (Å²) in [5.74, 6) is 2.68. The summed E-state index contributed by atoms with van der Waals surface area (Å²) >= 11 is 0. The van der Waals surface area contributed by atoms with Gasteiger partial charge in [-0.3, -0.25) is 4.90 Å². The second-order valence-corrected chi connectivity index (χ2v) is 6.95. The molecule has 0 aromatic heterocycles. The summed E-state index contributed by atoms with van der Waals surface area (Å²) < 4.78 is 17.7. The number of hydrogen-bond acceptors (Lipinski definition) is 4. The monoisotopic (exact) mass is 311 g/mol. The van der Waals surface area contributed by atoms with E-state index < -0.39 is 0 Å². The molecule has 0 amide bonds. The number of allylic oxidation sites excluding steroid dienone is 2. The Balaban J connectivity index is 1.84. The first-order valence-corrected chi connectivity index (χ1v) is 8.24. The predicted molar refractivity (Wildman–Crippen MR) is 87.0 cm³/mol. The first kappa shape index (κ1) is 13.5. The van der Waals surface area contributed by atoms with Gasteiger partial charge in [0.2, 0.25) is 0 Å². The highest BCUT2D eigenvalue weighted by Gasteiger charge is 2.61. The Hall–Kier alpha value is -1.94. The van der Waals surface area contributed by atoms with Gasteiger partial charge in [0.05, 0.1) is 19.6 Å². The molecule has 4 heteroatoms. The summed E-state index contributed by atoms with van der Waals surface area (Å²) in [5, 5.41) is 0. The van der Waals surface area contributed by atoms with Gasteiger partial charge in [-0.1, -0.05) is 12.1 Å². The van der Waals surface area contributed by atoms with Crippen molar-refractivity contribution in [2.45, 2.75) is 30.4 Å². The number of piperidine rings is 1. The zero-order valence-electron chi connectivity index (χ0n) is 13.8. The molecule has 1 aromatic carbocycles. The summed E-state index contributed by atoms with van der Waals surface area (Å²) in [6, 6.07) is 4.72. The van der Waals surface area contributed by atoms with Crippen LogP contribution in [0.4, 0.5) is 0 Å². The fraction of sp³-hybridized carbons (Fsp3) is 0.474. The highest BCUT2D eigenvalue weighted by molar-refractivity contribution is 5.67. The van der Waals surface area contributed by atoms with Gasteiger partial charge in [-0.25, -0.2) is 0 Å². The van der Waals surface area contributed by atoms with Crippen molar-refractivity contribution < 1.29 is 14.2 Å². The lowest BCUT2D eigenvalue weighted by Crippen LogP contribution is -2.58. The third-order valence-electron chi connectivity index (χ3n) is 6.16. The largest absolute Gasteiger partial charge is 0.497 e. The lowest BCUT2D eigenvalue weighted by atomic mass is 9.57. The van der Waals surface area contributed by atoms with Gasteiger partial charge in [-0.15, -0.1) is 0 Å². The molecule has 23 heavy (non-hydrogen) atoms. The molecule has 1 fully saturated rings. The summed E-state index contributed by atoms with van der Waals surface area (Å²) in [5.41, 5.74) is 4.15. The van der Waals surface area contributed by atoms with Gasteiger partial charge in [0.1, 0.15) is 5.76 Å². The Kier molecular flexibility index (Phi) is 2.54. The molecule has 0 N–H and O–H groups in total. The Morgan fingerprint density at radius 3 is 2.87 bits per heavy atom. The number of likely N-dealkylation sites (N-methyl/N-ethyl adjacent to an activating group) is 1. The van der Waals surface area contributed by atoms with Crippen molar-refractivity contribution in [2.24, 2.45) is 0 Å². The topological polar surface area (TPSA) is 30.9 Å². The average Bonchev–Trinajstić information content (AvgIpc) is 2.92. The van der Waals surface area contributed by atoms with E-state index in [2.05, 4.69) is 30.2 Å². The van der Waals surface area contributed by atoms with Crippen LogP contribution in [-0.2, 0) is 16.6 Å². The third kappa shape index (κ3) is 1.41. The van der Waals surface area contributed by atoms with E-state index in [-0.39, 0.29) is 11.5 Å². The highest BCUT2D eigenvalue weighted by atomic mass is 16.6. The second-order valence-electron chi connectivity index (χ2n) is 6.95. The fourth-order valence-corrected chi connectivity index (χ4v) is 5.10. The molecule has 1 saturated heterocycles. The smallest absolute Gasteiger partial charge is 0.169 e. The van der Waals surface area contributed by atoms with Crippen LogP contribution in [-0.4, -0.2) is 44.9 Å². The van der Waals surface area contributed by atoms with Crippen molar-refractivity contribution in [3.63, 3.8) is 0 Å². The van der Waals surface area contributed by atoms with Crippen LogP contribution in [0.5, 0.6) is 11.5 Å². The van der Waals surface area contributed by atoms with Gasteiger partial charge in [-0.05, 0) is 49.7 Å². The van der Waals surface area contributed by atoms with Crippen LogP contribution in [0, 0.1) is 0 Å². The summed E-state index contributed by atoms with van der Waals surface area (Å²) in [6.45, 7) is 1.08. The molecule has 2 aliphatic carbocycles. The van der Waals surface area contributed by atoms with Gasteiger partial charge in [0.25, 0.3) is 0 Å². The van der Waals surface area contributed by atoms with E-state index in [0.29, 0.717) is 6.04 Å². The van der Waals surface area contributed by atoms with Crippen LogP contribution in [0.15, 0.2) is 35.6 Å². The highest BCUT2D eigenvalue weighted by Crippen LogP contribution is 2.62. The molecule has 1 spiro atoms.